The van der Waals surface area contributed by atoms with E-state index in [9.17, 15) is 87.5 Å². The van der Waals surface area contributed by atoms with Crippen LogP contribution in [-0.4, -0.2) is 280 Å². The second-order valence-corrected chi connectivity index (χ2v) is 26.9. The van der Waals surface area contributed by atoms with E-state index in [-0.39, 0.29) is 121 Å². The molecule has 1 saturated heterocycles. The maximum Gasteiger partial charge on any atom is 0.317 e. The summed E-state index contributed by atoms with van der Waals surface area (Å²) >= 11 is 1.43. The number of anilines is 1. The summed E-state index contributed by atoms with van der Waals surface area (Å²) in [5.41, 5.74) is 7.85. The van der Waals surface area contributed by atoms with Gasteiger partial charge < -0.3 is 84.3 Å². The van der Waals surface area contributed by atoms with Gasteiger partial charge in [0.15, 0.2) is 0 Å². The third-order valence-electron chi connectivity index (χ3n) is 16.8. The molecule has 0 radical (unpaired) electrons. The van der Waals surface area contributed by atoms with Crippen molar-refractivity contribution < 1.29 is 87.5 Å². The Hall–Kier alpha value is -10.1. The van der Waals surface area contributed by atoms with E-state index in [1.807, 2.05) is 32.2 Å². The van der Waals surface area contributed by atoms with E-state index in [2.05, 4.69) is 58.2 Å². The molecule has 0 aliphatic carbocycles. The molecule has 35 heteroatoms. The molecule has 0 saturated carbocycles. The number of fused-ring (bicyclic) bond motifs is 1. The lowest BCUT2D eigenvalue weighted by Gasteiger charge is -2.32. The first kappa shape index (κ1) is 84.6. The second kappa shape index (κ2) is 43.1. The predicted octanol–water partition coefficient (Wildman–Crippen LogP) is -2.74. The predicted molar refractivity (Wildman–Crippen MR) is 384 cm³/mol. The Kier molecular flexibility index (Phi) is 35.1. The second-order valence-electron chi connectivity index (χ2n) is 25.9. The van der Waals surface area contributed by atoms with Crippen LogP contribution in [0.4, 0.5) is 5.69 Å². The zero-order valence-electron chi connectivity index (χ0n) is 59.2. The van der Waals surface area contributed by atoms with Crippen LogP contribution in [0.15, 0.2) is 85.1 Å². The standard InChI is InChI=1S/C69H98N16O18S/c1-41(2)30-51(78-64(98)45-16-18-47(19-17-45)75-55(87)34-72-57(89)36-82-21-23-83(37-58(90)91)25-27-85(39-60(94)95)28-26-84(24-22-82)38-59(92)93)66(100)80-53(32-46-33-71-49-15-11-10-14-48(46)49)65(99)74-43(5)63(97)81-61(42(3)4)69(103)73-35-56(88)76-54(40-86)68(102)79-52(31-44-12-8-7-9-13-44)67(101)77-50(62(70)96)20-29-104-6/h7-19,33,41-43,50-54,61,71,86H,20-32,34-40H2,1-6H3,(H2,70,96)(H,72,89)(H,73,103)(H,74,99)(H,75,87)(H,76,88)(H,77,101)(H,78,98)(H,79,102)(H,80,100)(H,81,97)(H,90,91)(H,92,93)(H,94,95)/t43-,50-,51-,52-,53-,54-,61-/m0/s1. The smallest absolute Gasteiger partial charge is 0.317 e. The molecule has 1 aromatic heterocycles. The fourth-order valence-electron chi connectivity index (χ4n) is 11.1. The van der Waals surface area contributed by atoms with E-state index in [1.54, 1.807) is 82.1 Å². The Balaban J connectivity index is 1.19. The zero-order valence-corrected chi connectivity index (χ0v) is 60.0. The molecule has 3 aromatic carbocycles. The average molecular weight is 1470 g/mol. The molecule has 0 spiro atoms. The highest BCUT2D eigenvalue weighted by atomic mass is 32.2. The third kappa shape index (κ3) is 29.7. The number of carbonyl (C=O) groups is 14. The van der Waals surface area contributed by atoms with E-state index < -0.39 is 151 Å². The number of nitrogens with zero attached hydrogens (tertiary/aromatic N) is 4. The summed E-state index contributed by atoms with van der Waals surface area (Å²) in [7, 11) is 0. The number of thioether (sulfide) groups is 1. The summed E-state index contributed by atoms with van der Waals surface area (Å²) < 4.78 is 0. The number of benzene rings is 3. The molecule has 568 valence electrons. The summed E-state index contributed by atoms with van der Waals surface area (Å²) in [5, 5.41) is 65.3. The van der Waals surface area contributed by atoms with Gasteiger partial charge in [-0.1, -0.05) is 76.2 Å². The Morgan fingerprint density at radius 1 is 0.510 bits per heavy atom. The van der Waals surface area contributed by atoms with E-state index in [0.717, 1.165) is 10.9 Å². The number of carbonyl (C=O) groups excluding carboxylic acids is 11. The number of aliphatic carboxylic acids is 3. The van der Waals surface area contributed by atoms with Gasteiger partial charge in [0.25, 0.3) is 5.91 Å². The molecule has 17 N–H and O–H groups in total. The van der Waals surface area contributed by atoms with Crippen LogP contribution in [0.5, 0.6) is 0 Å². The average Bonchev–Trinajstić information content (AvgIpc) is 1.58. The lowest BCUT2D eigenvalue weighted by Crippen LogP contribution is -2.59. The number of H-pyrrole nitrogens is 1. The molecule has 7 atom stereocenters. The van der Waals surface area contributed by atoms with Gasteiger partial charge >= 0.3 is 17.9 Å². The van der Waals surface area contributed by atoms with E-state index in [4.69, 9.17) is 5.73 Å². The molecule has 1 aliphatic rings. The number of carboxylic acid groups (broad SMARTS) is 3. The number of aromatic amines is 1. The van der Waals surface area contributed by atoms with Crippen LogP contribution >= 0.6 is 11.8 Å². The molecular formula is C69H98N16O18S. The lowest BCUT2D eigenvalue weighted by atomic mass is 10.00. The Labute approximate surface area is 606 Å². The highest BCUT2D eigenvalue weighted by Gasteiger charge is 2.34. The van der Waals surface area contributed by atoms with Crippen molar-refractivity contribution in [2.75, 3.05) is 116 Å². The first-order valence-corrected chi connectivity index (χ1v) is 35.4. The van der Waals surface area contributed by atoms with Crippen molar-refractivity contribution in [3.8, 4) is 0 Å². The minimum Gasteiger partial charge on any atom is -0.480 e. The number of primary amides is 1. The molecule has 1 aliphatic heterocycles. The highest BCUT2D eigenvalue weighted by Crippen LogP contribution is 2.20. The number of hydrogen-bond acceptors (Lipinski definition) is 20. The largest absolute Gasteiger partial charge is 0.480 e. The van der Waals surface area contributed by atoms with E-state index >= 15 is 0 Å². The van der Waals surface area contributed by atoms with Crippen molar-refractivity contribution in [1.29, 1.82) is 0 Å². The van der Waals surface area contributed by atoms with E-state index in [1.165, 1.54) is 43.0 Å². The molecule has 11 amide bonds. The van der Waals surface area contributed by atoms with Gasteiger partial charge in [-0.15, -0.1) is 0 Å². The highest BCUT2D eigenvalue weighted by molar-refractivity contribution is 7.98. The monoisotopic (exact) mass is 1470 g/mol. The number of nitrogens with one attached hydrogen (secondary N) is 11. The maximum atomic E-state index is 14.4. The molecule has 1 fully saturated rings. The van der Waals surface area contributed by atoms with E-state index in [0.29, 0.717) is 16.9 Å². The van der Waals surface area contributed by atoms with Crippen molar-refractivity contribution in [2.45, 2.75) is 103 Å². The van der Waals surface area contributed by atoms with Crippen LogP contribution in [-0.2, 0) is 75.2 Å². The fraction of sp³-hybridized carbons (Fsp3) is 0.507. The molecule has 4 aromatic rings. The minimum absolute atomic E-state index is 0.0383. The fourth-order valence-corrected chi connectivity index (χ4v) is 11.6. The van der Waals surface area contributed by atoms with Crippen molar-refractivity contribution in [3.05, 3.63) is 102 Å². The summed E-state index contributed by atoms with van der Waals surface area (Å²) in [5.74, 6) is -12.1. The van der Waals surface area contributed by atoms with Gasteiger partial charge in [-0.3, -0.25) is 86.7 Å². The molecule has 0 bridgehead atoms. The molecule has 2 heterocycles. The number of amides is 11. The Morgan fingerprint density at radius 2 is 1.01 bits per heavy atom. The quantitative estimate of drug-likeness (QED) is 0.0215. The number of aliphatic hydroxyl groups is 1. The summed E-state index contributed by atoms with van der Waals surface area (Å²) in [6, 6.07) is 12.3. The first-order chi connectivity index (χ1) is 49.4. The molecule has 5 rings (SSSR count). The maximum absolute atomic E-state index is 14.4. The van der Waals surface area contributed by atoms with Crippen LogP contribution in [0.3, 0.4) is 0 Å². The van der Waals surface area contributed by atoms with Crippen LogP contribution in [0.2, 0.25) is 0 Å². The topological polar surface area (TPSA) is 495 Å². The number of rotatable bonds is 39. The number of para-hydroxylation sites is 1. The van der Waals surface area contributed by atoms with Gasteiger partial charge in [0, 0.05) is 93.6 Å². The number of nitrogens with two attached hydrogens (primary N) is 1. The van der Waals surface area contributed by atoms with Crippen LogP contribution in [0, 0.1) is 11.8 Å². The first-order valence-electron chi connectivity index (χ1n) is 34.0. The number of aliphatic hydroxyl groups excluding tert-OH is 1. The lowest BCUT2D eigenvalue weighted by molar-refractivity contribution is -0.140. The third-order valence-corrected chi connectivity index (χ3v) is 17.4. The number of carboxylic acids is 3. The van der Waals surface area contributed by atoms with Crippen LogP contribution < -0.4 is 58.9 Å². The molecular weight excluding hydrogens is 1370 g/mol. The van der Waals surface area contributed by atoms with Gasteiger partial charge in [-0.2, -0.15) is 11.8 Å². The van der Waals surface area contributed by atoms with Crippen molar-refractivity contribution in [2.24, 2.45) is 17.6 Å². The van der Waals surface area contributed by atoms with Crippen LogP contribution in [0.1, 0.15) is 68.9 Å². The van der Waals surface area contributed by atoms with Crippen molar-refractivity contribution in [1.82, 2.24) is 72.4 Å². The zero-order chi connectivity index (χ0) is 76.6. The number of hydrogen-bond donors (Lipinski definition) is 16. The molecule has 0 unspecified atom stereocenters. The minimum atomic E-state index is -1.61. The Bertz CT molecular complexity index is 3570. The molecule has 34 nitrogen and oxygen atoms in total. The van der Waals surface area contributed by atoms with Gasteiger partial charge in [-0.25, -0.2) is 0 Å². The van der Waals surface area contributed by atoms with Gasteiger partial charge in [-0.05, 0) is 85.1 Å². The van der Waals surface area contributed by atoms with Gasteiger partial charge in [0.1, 0.15) is 42.3 Å². The summed E-state index contributed by atoms with van der Waals surface area (Å²) in [6.07, 6.45) is 3.66. The Morgan fingerprint density at radius 3 is 1.54 bits per heavy atom. The van der Waals surface area contributed by atoms with Crippen molar-refractivity contribution >= 4 is 111 Å². The summed E-state index contributed by atoms with van der Waals surface area (Å²) in [6.45, 7) is 6.28. The molecule has 104 heavy (non-hydrogen) atoms. The van der Waals surface area contributed by atoms with Gasteiger partial charge in [0.2, 0.25) is 59.1 Å². The summed E-state index contributed by atoms with van der Waals surface area (Å²) in [4.78, 5) is 194. The van der Waals surface area contributed by atoms with Crippen LogP contribution in [0.25, 0.3) is 10.9 Å². The number of aromatic nitrogens is 1. The SMILES string of the molecule is CSCC[C@H](NC(=O)[C@H](Cc1ccccc1)NC(=O)[C@H](CO)NC(=O)CNC(=O)[C@@H](NC(=O)[C@H](C)NC(=O)[C@H](Cc1c[nH]c2ccccc12)NC(=O)[C@H](CC(C)C)NC(=O)c1ccc(NC(=O)CNC(=O)CN2CCN(CC(=O)O)CCN(CC(=O)O)CCN(CC(=O)O)CC2)cc1)C(C)C)C(N)=O. The normalized spacial score (nSPS) is 15.5. The van der Waals surface area contributed by atoms with Gasteiger partial charge in [0.05, 0.1) is 45.9 Å². The van der Waals surface area contributed by atoms with Crippen molar-refractivity contribution in [3.63, 3.8) is 0 Å².